The molecule has 96 valence electrons. The Labute approximate surface area is 121 Å². The second-order valence-corrected chi connectivity index (χ2v) is 5.45. The summed E-state index contributed by atoms with van der Waals surface area (Å²) in [7, 11) is 0. The third-order valence-electron chi connectivity index (χ3n) is 3.23. The number of allylic oxidation sites excluding steroid dienone is 1. The highest BCUT2D eigenvalue weighted by atomic mass is 79.9. The highest BCUT2D eigenvalue weighted by Crippen LogP contribution is 2.28. The van der Waals surface area contributed by atoms with Gasteiger partial charge in [0.2, 0.25) is 0 Å². The number of piperidine rings is 1. The van der Waals surface area contributed by atoms with Crippen LogP contribution in [-0.2, 0) is 0 Å². The van der Waals surface area contributed by atoms with E-state index in [-0.39, 0.29) is 5.57 Å². The zero-order valence-corrected chi connectivity index (χ0v) is 12.2. The van der Waals surface area contributed by atoms with Crippen LogP contribution in [0.5, 0.6) is 0 Å². The number of rotatable bonds is 2. The predicted octanol–water partition coefficient (Wildman–Crippen LogP) is 3.87. The monoisotopic (exact) mass is 315 g/mol. The Balaban J connectivity index is 2.41. The first-order valence-corrected chi connectivity index (χ1v) is 7.10. The van der Waals surface area contributed by atoms with E-state index in [0.29, 0.717) is 0 Å². The van der Waals surface area contributed by atoms with Crippen molar-refractivity contribution in [2.45, 2.75) is 19.3 Å². The molecule has 1 saturated heterocycles. The van der Waals surface area contributed by atoms with Crippen molar-refractivity contribution < 1.29 is 0 Å². The molecule has 0 atom stereocenters. The van der Waals surface area contributed by atoms with E-state index in [2.05, 4.69) is 20.8 Å². The molecule has 1 aromatic rings. The van der Waals surface area contributed by atoms with Gasteiger partial charge in [-0.15, -0.1) is 0 Å². The Morgan fingerprint density at radius 3 is 2.47 bits per heavy atom. The molecule has 0 spiro atoms. The second kappa shape index (κ2) is 6.41. The zero-order chi connectivity index (χ0) is 13.7. The van der Waals surface area contributed by atoms with Crippen molar-refractivity contribution in [2.24, 2.45) is 0 Å². The van der Waals surface area contributed by atoms with Gasteiger partial charge in [-0.25, -0.2) is 0 Å². The summed E-state index contributed by atoms with van der Waals surface area (Å²) in [6.07, 6.45) is 5.33. The first-order valence-electron chi connectivity index (χ1n) is 6.31. The average Bonchev–Trinajstić information content (AvgIpc) is 2.46. The Morgan fingerprint density at radius 1 is 1.16 bits per heavy atom. The largest absolute Gasteiger partial charge is 0.371 e. The van der Waals surface area contributed by atoms with Crippen LogP contribution in [0.15, 0.2) is 28.2 Å². The lowest BCUT2D eigenvalue weighted by Gasteiger charge is -2.30. The Bertz CT molecular complexity index is 556. The van der Waals surface area contributed by atoms with E-state index >= 15 is 0 Å². The smallest absolute Gasteiger partial charge is 0.130 e. The minimum absolute atomic E-state index is 0.136. The topological polar surface area (TPSA) is 50.8 Å². The van der Waals surface area contributed by atoms with Crippen molar-refractivity contribution >= 4 is 27.7 Å². The van der Waals surface area contributed by atoms with Crippen LogP contribution in [0.25, 0.3) is 6.08 Å². The lowest BCUT2D eigenvalue weighted by atomic mass is 10.1. The first-order chi connectivity index (χ1) is 9.24. The van der Waals surface area contributed by atoms with Crippen LogP contribution in [-0.4, -0.2) is 13.1 Å². The van der Waals surface area contributed by atoms with Gasteiger partial charge in [0.05, 0.1) is 0 Å². The van der Waals surface area contributed by atoms with E-state index in [9.17, 15) is 0 Å². The molecule has 0 saturated carbocycles. The van der Waals surface area contributed by atoms with Crippen LogP contribution in [0.1, 0.15) is 24.8 Å². The van der Waals surface area contributed by atoms with E-state index in [1.165, 1.54) is 19.3 Å². The van der Waals surface area contributed by atoms with Crippen LogP contribution < -0.4 is 4.90 Å². The SMILES string of the molecule is N#CC(C#N)=Cc1cc(Br)ccc1N1CCCCC1. The summed E-state index contributed by atoms with van der Waals surface area (Å²) in [5.41, 5.74) is 2.16. The number of nitriles is 2. The predicted molar refractivity (Wildman–Crippen MR) is 79.4 cm³/mol. The standard InChI is InChI=1S/C15H14BrN3/c16-14-4-5-15(19-6-2-1-3-7-19)13(9-14)8-12(10-17)11-18/h4-5,8-9H,1-3,6-7H2. The normalized spacial score (nSPS) is 14.4. The van der Waals surface area contributed by atoms with E-state index in [1.54, 1.807) is 6.08 Å². The summed E-state index contributed by atoms with van der Waals surface area (Å²) in [5, 5.41) is 17.8. The number of nitrogens with zero attached hydrogens (tertiary/aromatic N) is 3. The second-order valence-electron chi connectivity index (χ2n) is 4.53. The molecule has 0 aromatic heterocycles. The molecule has 1 aromatic carbocycles. The molecule has 3 nitrogen and oxygen atoms in total. The lowest BCUT2D eigenvalue weighted by molar-refractivity contribution is 0.577. The van der Waals surface area contributed by atoms with Crippen molar-refractivity contribution in [2.75, 3.05) is 18.0 Å². The van der Waals surface area contributed by atoms with Crippen LogP contribution in [0, 0.1) is 22.7 Å². The van der Waals surface area contributed by atoms with Gasteiger partial charge in [0.1, 0.15) is 17.7 Å². The van der Waals surface area contributed by atoms with Crippen LogP contribution in [0.4, 0.5) is 5.69 Å². The first kappa shape index (κ1) is 13.6. The van der Waals surface area contributed by atoms with Crippen molar-refractivity contribution in [1.82, 2.24) is 0 Å². The van der Waals surface area contributed by atoms with Gasteiger partial charge >= 0.3 is 0 Å². The maximum atomic E-state index is 8.89. The fraction of sp³-hybridized carbons (Fsp3) is 0.333. The number of benzene rings is 1. The highest BCUT2D eigenvalue weighted by Gasteiger charge is 2.14. The lowest BCUT2D eigenvalue weighted by Crippen LogP contribution is -2.29. The average molecular weight is 316 g/mol. The molecule has 1 aliphatic heterocycles. The fourth-order valence-corrected chi connectivity index (χ4v) is 2.69. The molecular formula is C15H14BrN3. The fourth-order valence-electron chi connectivity index (χ4n) is 2.31. The molecule has 2 rings (SSSR count). The van der Waals surface area contributed by atoms with E-state index in [4.69, 9.17) is 10.5 Å². The summed E-state index contributed by atoms with van der Waals surface area (Å²) in [6.45, 7) is 2.08. The number of hydrogen-bond acceptors (Lipinski definition) is 3. The minimum Gasteiger partial charge on any atom is -0.371 e. The molecule has 4 heteroatoms. The summed E-state index contributed by atoms with van der Waals surface area (Å²) < 4.78 is 0.953. The molecule has 0 N–H and O–H groups in total. The number of anilines is 1. The molecular weight excluding hydrogens is 302 g/mol. The van der Waals surface area contributed by atoms with Crippen LogP contribution in [0.3, 0.4) is 0 Å². The zero-order valence-electron chi connectivity index (χ0n) is 10.6. The molecule has 0 radical (unpaired) electrons. The molecule has 0 bridgehead atoms. The Morgan fingerprint density at radius 2 is 1.84 bits per heavy atom. The molecule has 0 amide bonds. The van der Waals surface area contributed by atoms with Crippen molar-refractivity contribution in [3.63, 3.8) is 0 Å². The van der Waals surface area contributed by atoms with Gasteiger partial charge < -0.3 is 4.90 Å². The van der Waals surface area contributed by atoms with E-state index in [0.717, 1.165) is 28.8 Å². The molecule has 1 fully saturated rings. The summed E-state index contributed by atoms with van der Waals surface area (Å²) in [5.74, 6) is 0. The van der Waals surface area contributed by atoms with Crippen LogP contribution >= 0.6 is 15.9 Å². The van der Waals surface area contributed by atoms with Gasteiger partial charge in [0, 0.05) is 28.8 Å². The van der Waals surface area contributed by atoms with Gasteiger partial charge in [0.15, 0.2) is 0 Å². The number of hydrogen-bond donors (Lipinski definition) is 0. The van der Waals surface area contributed by atoms with Crippen LogP contribution in [0.2, 0.25) is 0 Å². The molecule has 0 aliphatic carbocycles. The Hall–Kier alpha value is -1.78. The van der Waals surface area contributed by atoms with Gasteiger partial charge in [-0.2, -0.15) is 10.5 Å². The summed E-state index contributed by atoms with van der Waals surface area (Å²) >= 11 is 3.44. The third kappa shape index (κ3) is 3.36. The quantitative estimate of drug-likeness (QED) is 0.778. The van der Waals surface area contributed by atoms with E-state index < -0.39 is 0 Å². The highest BCUT2D eigenvalue weighted by molar-refractivity contribution is 9.10. The molecule has 1 heterocycles. The maximum Gasteiger partial charge on any atom is 0.130 e. The van der Waals surface area contributed by atoms with Gasteiger partial charge in [0.25, 0.3) is 0 Å². The summed E-state index contributed by atoms with van der Waals surface area (Å²) in [4.78, 5) is 2.33. The minimum atomic E-state index is 0.136. The van der Waals surface area contributed by atoms with Gasteiger partial charge in [-0.3, -0.25) is 0 Å². The Kier molecular flexibility index (Phi) is 4.60. The van der Waals surface area contributed by atoms with Crippen molar-refractivity contribution in [3.8, 4) is 12.1 Å². The maximum absolute atomic E-state index is 8.89. The molecule has 1 aliphatic rings. The van der Waals surface area contributed by atoms with Gasteiger partial charge in [-0.1, -0.05) is 15.9 Å². The molecule has 0 unspecified atom stereocenters. The third-order valence-corrected chi connectivity index (χ3v) is 3.72. The molecule has 19 heavy (non-hydrogen) atoms. The van der Waals surface area contributed by atoms with E-state index in [1.807, 2.05) is 30.3 Å². The van der Waals surface area contributed by atoms with Crippen molar-refractivity contribution in [3.05, 3.63) is 33.8 Å². The summed E-state index contributed by atoms with van der Waals surface area (Å²) in [6, 6.07) is 9.84. The van der Waals surface area contributed by atoms with Crippen molar-refractivity contribution in [1.29, 1.82) is 10.5 Å². The van der Waals surface area contributed by atoms with Gasteiger partial charge in [-0.05, 0) is 43.5 Å². The number of halogens is 1.